The van der Waals surface area contributed by atoms with Gasteiger partial charge in [-0.25, -0.2) is 0 Å². The number of aryl methyl sites for hydroxylation is 1. The van der Waals surface area contributed by atoms with Gasteiger partial charge in [-0.05, 0) is 43.9 Å². The quantitative estimate of drug-likeness (QED) is 0.837. The minimum atomic E-state index is -0.493. The fourth-order valence-corrected chi connectivity index (χ4v) is 2.04. The van der Waals surface area contributed by atoms with E-state index >= 15 is 0 Å². The average Bonchev–Trinajstić information content (AvgIpc) is 2.43. The van der Waals surface area contributed by atoms with Gasteiger partial charge in [-0.2, -0.15) is 0 Å². The average molecular weight is 329 g/mol. The SMILES string of the molecule is Cc1cccc(OC(C)C(=O)N(C)CCC(N)C(C)C)c1.Cl. The fraction of sp³-hybridized carbons (Fsp3) is 0.588. The Hall–Kier alpha value is -1.26. The van der Waals surface area contributed by atoms with Crippen LogP contribution < -0.4 is 10.5 Å². The van der Waals surface area contributed by atoms with Crippen LogP contribution in [0.4, 0.5) is 0 Å². The Morgan fingerprint density at radius 2 is 1.95 bits per heavy atom. The predicted molar refractivity (Wildman–Crippen MR) is 93.6 cm³/mol. The lowest BCUT2D eigenvalue weighted by Crippen LogP contribution is -2.40. The Labute approximate surface area is 140 Å². The van der Waals surface area contributed by atoms with Gasteiger partial charge in [-0.3, -0.25) is 4.79 Å². The molecule has 0 saturated heterocycles. The van der Waals surface area contributed by atoms with E-state index in [0.29, 0.717) is 12.5 Å². The highest BCUT2D eigenvalue weighted by atomic mass is 35.5. The van der Waals surface area contributed by atoms with Gasteiger partial charge in [0, 0.05) is 19.6 Å². The van der Waals surface area contributed by atoms with Crippen LogP contribution in [-0.2, 0) is 4.79 Å². The van der Waals surface area contributed by atoms with Crippen molar-refractivity contribution >= 4 is 18.3 Å². The molecule has 126 valence electrons. The first-order chi connectivity index (χ1) is 9.81. The lowest BCUT2D eigenvalue weighted by Gasteiger charge is -2.24. The van der Waals surface area contributed by atoms with Crippen LogP contribution in [0.2, 0.25) is 0 Å². The number of hydrogen-bond donors (Lipinski definition) is 1. The smallest absolute Gasteiger partial charge is 0.263 e. The zero-order valence-corrected chi connectivity index (χ0v) is 15.0. The second-order valence-corrected chi connectivity index (χ2v) is 6.03. The number of carbonyl (C=O) groups is 1. The zero-order chi connectivity index (χ0) is 16.0. The first kappa shape index (κ1) is 20.7. The molecule has 2 N–H and O–H groups in total. The Morgan fingerprint density at radius 1 is 1.32 bits per heavy atom. The topological polar surface area (TPSA) is 55.6 Å². The van der Waals surface area contributed by atoms with Gasteiger partial charge in [0.1, 0.15) is 5.75 Å². The van der Waals surface area contributed by atoms with Gasteiger partial charge in [0.15, 0.2) is 6.10 Å². The third-order valence-electron chi connectivity index (χ3n) is 3.68. The number of rotatable bonds is 7. The molecule has 22 heavy (non-hydrogen) atoms. The van der Waals surface area contributed by atoms with Crippen molar-refractivity contribution in [2.75, 3.05) is 13.6 Å². The Balaban J connectivity index is 0.00000441. The first-order valence-corrected chi connectivity index (χ1v) is 7.55. The molecular formula is C17H29ClN2O2. The highest BCUT2D eigenvalue weighted by Gasteiger charge is 2.20. The van der Waals surface area contributed by atoms with Gasteiger partial charge in [0.25, 0.3) is 5.91 Å². The van der Waals surface area contributed by atoms with Gasteiger partial charge >= 0.3 is 0 Å². The molecule has 0 saturated carbocycles. The molecule has 0 aliphatic carbocycles. The number of benzene rings is 1. The number of likely N-dealkylation sites (N-methyl/N-ethyl adjacent to an activating group) is 1. The second-order valence-electron chi connectivity index (χ2n) is 6.03. The van der Waals surface area contributed by atoms with E-state index in [0.717, 1.165) is 17.7 Å². The van der Waals surface area contributed by atoms with Gasteiger partial charge in [-0.15, -0.1) is 12.4 Å². The second kappa shape index (κ2) is 9.70. The molecule has 1 aromatic carbocycles. The lowest BCUT2D eigenvalue weighted by molar-refractivity contribution is -0.136. The Kier molecular flexibility index (Phi) is 9.14. The minimum absolute atomic E-state index is 0. The molecule has 1 aromatic rings. The summed E-state index contributed by atoms with van der Waals surface area (Å²) in [5.41, 5.74) is 7.13. The third kappa shape index (κ3) is 6.67. The van der Waals surface area contributed by atoms with E-state index in [9.17, 15) is 4.79 Å². The number of halogens is 1. The van der Waals surface area contributed by atoms with Gasteiger partial charge in [0.2, 0.25) is 0 Å². The van der Waals surface area contributed by atoms with E-state index in [1.54, 1.807) is 18.9 Å². The highest BCUT2D eigenvalue weighted by molar-refractivity contribution is 5.85. The Morgan fingerprint density at radius 3 is 2.50 bits per heavy atom. The van der Waals surface area contributed by atoms with Crippen molar-refractivity contribution in [3.05, 3.63) is 29.8 Å². The molecule has 1 rings (SSSR count). The summed E-state index contributed by atoms with van der Waals surface area (Å²) in [5.74, 6) is 1.13. The van der Waals surface area contributed by atoms with E-state index in [2.05, 4.69) is 13.8 Å². The molecule has 0 heterocycles. The molecule has 0 fully saturated rings. The standard InChI is InChI=1S/C17H28N2O2.ClH/c1-12(2)16(18)9-10-19(5)17(20)14(4)21-15-8-6-7-13(3)11-15;/h6-8,11-12,14,16H,9-10,18H2,1-5H3;1H. The summed E-state index contributed by atoms with van der Waals surface area (Å²) in [4.78, 5) is 14.0. The van der Waals surface area contributed by atoms with Crippen molar-refractivity contribution in [1.82, 2.24) is 4.90 Å². The number of nitrogens with zero attached hydrogens (tertiary/aromatic N) is 1. The van der Waals surface area contributed by atoms with E-state index in [4.69, 9.17) is 10.5 Å². The van der Waals surface area contributed by atoms with Gasteiger partial charge in [-0.1, -0.05) is 26.0 Å². The predicted octanol–water partition coefficient (Wildman–Crippen LogP) is 3.02. The van der Waals surface area contributed by atoms with Crippen LogP contribution in [0, 0.1) is 12.8 Å². The lowest BCUT2D eigenvalue weighted by atomic mass is 10.0. The van der Waals surface area contributed by atoms with Crippen LogP contribution in [0.5, 0.6) is 5.75 Å². The van der Waals surface area contributed by atoms with Crippen LogP contribution >= 0.6 is 12.4 Å². The van der Waals surface area contributed by atoms with Crippen LogP contribution in [0.1, 0.15) is 32.8 Å². The summed E-state index contributed by atoms with van der Waals surface area (Å²) < 4.78 is 5.71. The fourth-order valence-electron chi connectivity index (χ4n) is 2.04. The summed E-state index contributed by atoms with van der Waals surface area (Å²) in [6.07, 6.45) is 0.309. The monoisotopic (exact) mass is 328 g/mol. The maximum Gasteiger partial charge on any atom is 0.263 e. The molecule has 2 unspecified atom stereocenters. The molecular weight excluding hydrogens is 300 g/mol. The minimum Gasteiger partial charge on any atom is -0.481 e. The van der Waals surface area contributed by atoms with Gasteiger partial charge in [0.05, 0.1) is 0 Å². The molecule has 2 atom stereocenters. The van der Waals surface area contributed by atoms with Crippen molar-refractivity contribution in [2.45, 2.75) is 46.3 Å². The molecule has 0 bridgehead atoms. The summed E-state index contributed by atoms with van der Waals surface area (Å²) >= 11 is 0. The molecule has 4 nitrogen and oxygen atoms in total. The Bertz CT molecular complexity index is 466. The van der Waals surface area contributed by atoms with Crippen molar-refractivity contribution in [3.63, 3.8) is 0 Å². The number of ether oxygens (including phenoxy) is 1. The summed E-state index contributed by atoms with van der Waals surface area (Å²) in [6, 6.07) is 7.84. The van der Waals surface area contributed by atoms with Crippen molar-refractivity contribution < 1.29 is 9.53 Å². The van der Waals surface area contributed by atoms with Crippen molar-refractivity contribution in [1.29, 1.82) is 0 Å². The van der Waals surface area contributed by atoms with Crippen LogP contribution in [-0.4, -0.2) is 36.5 Å². The van der Waals surface area contributed by atoms with E-state index in [1.807, 2.05) is 31.2 Å². The molecule has 0 aliphatic heterocycles. The number of hydrogen-bond acceptors (Lipinski definition) is 3. The maximum absolute atomic E-state index is 12.3. The van der Waals surface area contributed by atoms with Crippen molar-refractivity contribution in [3.8, 4) is 5.75 Å². The molecule has 5 heteroatoms. The normalized spacial score (nSPS) is 13.2. The summed E-state index contributed by atoms with van der Waals surface area (Å²) in [5, 5.41) is 0. The highest BCUT2D eigenvalue weighted by Crippen LogP contribution is 2.15. The third-order valence-corrected chi connectivity index (χ3v) is 3.68. The van der Waals surface area contributed by atoms with E-state index < -0.39 is 6.10 Å². The maximum atomic E-state index is 12.3. The summed E-state index contributed by atoms with van der Waals surface area (Å²) in [7, 11) is 1.80. The number of amides is 1. The van der Waals surface area contributed by atoms with E-state index in [1.165, 1.54) is 0 Å². The zero-order valence-electron chi connectivity index (χ0n) is 14.2. The number of carbonyl (C=O) groups excluding carboxylic acids is 1. The number of nitrogens with two attached hydrogens (primary N) is 1. The molecule has 1 amide bonds. The molecule has 0 aliphatic rings. The van der Waals surface area contributed by atoms with Crippen molar-refractivity contribution in [2.24, 2.45) is 11.7 Å². The summed E-state index contributed by atoms with van der Waals surface area (Å²) in [6.45, 7) is 8.62. The van der Waals surface area contributed by atoms with Crippen LogP contribution in [0.3, 0.4) is 0 Å². The first-order valence-electron chi connectivity index (χ1n) is 7.55. The van der Waals surface area contributed by atoms with Crippen LogP contribution in [0.25, 0.3) is 0 Å². The molecule has 0 aromatic heterocycles. The molecule has 0 radical (unpaired) electrons. The largest absolute Gasteiger partial charge is 0.481 e. The van der Waals surface area contributed by atoms with Gasteiger partial charge < -0.3 is 15.4 Å². The van der Waals surface area contributed by atoms with E-state index in [-0.39, 0.29) is 24.4 Å². The van der Waals surface area contributed by atoms with Crippen LogP contribution in [0.15, 0.2) is 24.3 Å². The molecule has 0 spiro atoms.